The van der Waals surface area contributed by atoms with Crippen LogP contribution in [-0.4, -0.2) is 47.3 Å². The lowest BCUT2D eigenvalue weighted by Crippen LogP contribution is -2.29. The van der Waals surface area contributed by atoms with Crippen molar-refractivity contribution in [1.82, 2.24) is 0 Å². The summed E-state index contributed by atoms with van der Waals surface area (Å²) in [7, 11) is 0. The molecule has 0 spiro atoms. The molecule has 0 aliphatic heterocycles. The van der Waals surface area contributed by atoms with Crippen LogP contribution in [0.3, 0.4) is 0 Å². The second kappa shape index (κ2) is 17.4. The summed E-state index contributed by atoms with van der Waals surface area (Å²) in [6.45, 7) is 11.0. The number of carbonyl (C=O) groups excluding carboxylic acids is 1. The molecule has 0 aromatic heterocycles. The Balaban J connectivity index is 0.000000370. The van der Waals surface area contributed by atoms with Crippen molar-refractivity contribution in [3.8, 4) is 11.5 Å². The van der Waals surface area contributed by atoms with Gasteiger partial charge in [0, 0.05) is 48.4 Å². The number of nitro groups is 1. The summed E-state index contributed by atoms with van der Waals surface area (Å²) in [6.07, 6.45) is 1.84. The summed E-state index contributed by atoms with van der Waals surface area (Å²) in [5, 5.41) is 32.8. The number of carbonyl (C=O) groups is 1. The van der Waals surface area contributed by atoms with Gasteiger partial charge in [-0.1, -0.05) is 55.8 Å². The first-order valence-electron chi connectivity index (χ1n) is 15.6. The lowest BCUT2D eigenvalue weighted by molar-refractivity contribution is -0.384. The highest BCUT2D eigenvalue weighted by Crippen LogP contribution is 2.38. The Morgan fingerprint density at radius 1 is 0.870 bits per heavy atom. The van der Waals surface area contributed by atoms with E-state index in [2.05, 4.69) is 62.2 Å². The molecule has 0 radical (unpaired) electrons. The fourth-order valence-corrected chi connectivity index (χ4v) is 5.00. The molecular formula is C37H45N3O6. The van der Waals surface area contributed by atoms with Gasteiger partial charge in [-0.3, -0.25) is 14.9 Å². The van der Waals surface area contributed by atoms with Crippen LogP contribution in [0.15, 0.2) is 97.1 Å². The molecule has 0 aliphatic rings. The number of aromatic hydroxyl groups is 2. The second-order valence-corrected chi connectivity index (χ2v) is 11.3. The number of aryl methyl sites for hydroxylation is 1. The molecule has 0 saturated carbocycles. The van der Waals surface area contributed by atoms with Gasteiger partial charge in [-0.25, -0.2) is 0 Å². The number of non-ortho nitro benzene ring substituents is 1. The average Bonchev–Trinajstić information content (AvgIpc) is 3.06. The molecule has 9 nitrogen and oxygen atoms in total. The fraction of sp³-hybridized carbons (Fsp3) is 0.324. The summed E-state index contributed by atoms with van der Waals surface area (Å²) in [4.78, 5) is 24.7. The highest BCUT2D eigenvalue weighted by molar-refractivity contribution is 5.70. The van der Waals surface area contributed by atoms with Gasteiger partial charge in [-0.2, -0.15) is 0 Å². The number of nitrogens with one attached hydrogen (secondary N) is 1. The van der Waals surface area contributed by atoms with Crippen LogP contribution in [0.25, 0.3) is 0 Å². The Labute approximate surface area is 271 Å². The molecule has 0 heterocycles. The van der Waals surface area contributed by atoms with E-state index in [1.807, 2.05) is 24.3 Å². The normalized spacial score (nSPS) is 10.8. The largest absolute Gasteiger partial charge is 0.508 e. The van der Waals surface area contributed by atoms with E-state index in [0.717, 1.165) is 42.0 Å². The molecule has 0 saturated heterocycles. The minimum atomic E-state index is -0.474. The van der Waals surface area contributed by atoms with Gasteiger partial charge >= 0.3 is 5.97 Å². The number of phenols is 2. The molecule has 4 aromatic rings. The first-order chi connectivity index (χ1) is 22.0. The molecule has 9 heteroatoms. The molecular weight excluding hydrogens is 582 g/mol. The van der Waals surface area contributed by atoms with Gasteiger partial charge in [0.2, 0.25) is 0 Å². The number of esters is 1. The van der Waals surface area contributed by atoms with Crippen LogP contribution in [0.4, 0.5) is 17.1 Å². The van der Waals surface area contributed by atoms with Crippen molar-refractivity contribution in [2.75, 3.05) is 36.5 Å². The number of hydrogen-bond acceptors (Lipinski definition) is 8. The zero-order chi connectivity index (χ0) is 33.5. The van der Waals surface area contributed by atoms with Crippen LogP contribution >= 0.6 is 0 Å². The Morgan fingerprint density at radius 3 is 1.89 bits per heavy atom. The number of nitrogens with zero attached hydrogens (tertiary/aromatic N) is 2. The molecule has 0 unspecified atom stereocenters. The molecule has 3 N–H and O–H groups in total. The third-order valence-corrected chi connectivity index (χ3v) is 7.90. The van der Waals surface area contributed by atoms with E-state index in [1.54, 1.807) is 36.4 Å². The Morgan fingerprint density at radius 2 is 1.41 bits per heavy atom. The summed E-state index contributed by atoms with van der Waals surface area (Å²) in [6, 6.07) is 28.8. The number of rotatable bonds is 14. The van der Waals surface area contributed by atoms with E-state index < -0.39 is 10.3 Å². The molecule has 0 aliphatic carbocycles. The predicted molar refractivity (Wildman–Crippen MR) is 184 cm³/mol. The molecule has 0 atom stereocenters. The Hall–Kier alpha value is -5.05. The minimum absolute atomic E-state index is 0.127. The van der Waals surface area contributed by atoms with Gasteiger partial charge in [0.25, 0.3) is 5.69 Å². The predicted octanol–water partition coefficient (Wildman–Crippen LogP) is 7.98. The van der Waals surface area contributed by atoms with E-state index in [-0.39, 0.29) is 29.6 Å². The summed E-state index contributed by atoms with van der Waals surface area (Å²) in [5.41, 5.74) is 4.87. The number of nitro benzene ring substituents is 1. The second-order valence-electron chi connectivity index (χ2n) is 11.3. The standard InChI is InChI=1S/C28H33NO4.C9H12N2O2/c1-4-29(24-11-5-21(2)6-12-24)19-20-33-27(32)17-18-28(3,22-7-13-25(30)14-8-22)23-9-15-26(31)16-10-23;1-2-7-10-8-3-5-9(6-4-8)11(12)13/h5-16,30-31H,4,17-20H2,1-3H3;3-6,10H,2,7H2,1H3. The molecule has 4 rings (SSSR count). The van der Waals surface area contributed by atoms with E-state index in [4.69, 9.17) is 4.74 Å². The zero-order valence-electron chi connectivity index (χ0n) is 27.1. The van der Waals surface area contributed by atoms with Gasteiger partial charge in [-0.05, 0) is 86.3 Å². The van der Waals surface area contributed by atoms with Crippen molar-refractivity contribution in [1.29, 1.82) is 0 Å². The zero-order valence-corrected chi connectivity index (χ0v) is 27.1. The molecule has 244 valence electrons. The maximum Gasteiger partial charge on any atom is 0.305 e. The van der Waals surface area contributed by atoms with Gasteiger partial charge in [0.05, 0.1) is 11.5 Å². The van der Waals surface area contributed by atoms with Crippen molar-refractivity contribution < 1.29 is 24.7 Å². The van der Waals surface area contributed by atoms with Crippen LogP contribution in [0, 0.1) is 17.0 Å². The summed E-state index contributed by atoms with van der Waals surface area (Å²) < 4.78 is 5.56. The molecule has 4 aromatic carbocycles. The average molecular weight is 628 g/mol. The lowest BCUT2D eigenvalue weighted by Gasteiger charge is -2.31. The maximum absolute atomic E-state index is 12.6. The van der Waals surface area contributed by atoms with Gasteiger partial charge in [-0.15, -0.1) is 0 Å². The van der Waals surface area contributed by atoms with Crippen LogP contribution < -0.4 is 10.2 Å². The van der Waals surface area contributed by atoms with Gasteiger partial charge in [0.15, 0.2) is 0 Å². The maximum atomic E-state index is 12.6. The molecule has 0 fully saturated rings. The van der Waals surface area contributed by atoms with Crippen LogP contribution in [0.2, 0.25) is 0 Å². The first-order valence-corrected chi connectivity index (χ1v) is 15.6. The van der Waals surface area contributed by atoms with Crippen molar-refractivity contribution in [3.05, 3.63) is 124 Å². The van der Waals surface area contributed by atoms with E-state index in [9.17, 15) is 25.1 Å². The first kappa shape index (κ1) is 35.4. The number of hydrogen-bond donors (Lipinski definition) is 3. The highest BCUT2D eigenvalue weighted by Gasteiger charge is 2.30. The quantitative estimate of drug-likeness (QED) is 0.0730. The Bertz CT molecular complexity index is 1460. The monoisotopic (exact) mass is 627 g/mol. The SMILES string of the molecule is CCCNc1ccc([N+](=O)[O-])cc1.CCN(CCOC(=O)CCC(C)(c1ccc(O)cc1)c1ccc(O)cc1)c1ccc(C)cc1. The summed E-state index contributed by atoms with van der Waals surface area (Å²) >= 11 is 0. The van der Waals surface area contributed by atoms with Crippen molar-refractivity contribution >= 4 is 23.0 Å². The highest BCUT2D eigenvalue weighted by atomic mass is 16.6. The number of ether oxygens (including phenoxy) is 1. The van der Waals surface area contributed by atoms with Crippen LogP contribution in [0.5, 0.6) is 11.5 Å². The number of phenolic OH excluding ortho intramolecular Hbond substituents is 2. The Kier molecular flexibility index (Phi) is 13.4. The smallest absolute Gasteiger partial charge is 0.305 e. The molecule has 0 bridgehead atoms. The molecule has 46 heavy (non-hydrogen) atoms. The van der Waals surface area contributed by atoms with Crippen molar-refractivity contribution in [2.24, 2.45) is 0 Å². The molecule has 0 amide bonds. The van der Waals surface area contributed by atoms with E-state index in [1.165, 1.54) is 17.7 Å². The third kappa shape index (κ3) is 10.5. The lowest BCUT2D eigenvalue weighted by atomic mass is 9.73. The third-order valence-electron chi connectivity index (χ3n) is 7.90. The minimum Gasteiger partial charge on any atom is -0.508 e. The van der Waals surface area contributed by atoms with E-state index >= 15 is 0 Å². The van der Waals surface area contributed by atoms with E-state index in [0.29, 0.717) is 19.6 Å². The van der Waals surface area contributed by atoms with Gasteiger partial charge in [0.1, 0.15) is 18.1 Å². The van der Waals surface area contributed by atoms with Crippen LogP contribution in [0.1, 0.15) is 56.7 Å². The van der Waals surface area contributed by atoms with Crippen LogP contribution in [-0.2, 0) is 14.9 Å². The van der Waals surface area contributed by atoms with Gasteiger partial charge < -0.3 is 25.2 Å². The number of benzene rings is 4. The topological polar surface area (TPSA) is 125 Å². The summed E-state index contributed by atoms with van der Waals surface area (Å²) in [5.74, 6) is 0.152. The van der Waals surface area contributed by atoms with Crippen molar-refractivity contribution in [3.63, 3.8) is 0 Å². The number of anilines is 2. The number of likely N-dealkylation sites (N-methyl/N-ethyl adjacent to an activating group) is 1. The fourth-order valence-electron chi connectivity index (χ4n) is 5.00. The van der Waals surface area contributed by atoms with Crippen molar-refractivity contribution in [2.45, 2.75) is 52.4 Å².